The van der Waals surface area contributed by atoms with Gasteiger partial charge in [-0.05, 0) is 32.8 Å². The molecule has 2 N–H and O–H groups in total. The minimum atomic E-state index is -3.84. The van der Waals surface area contributed by atoms with Gasteiger partial charge in [-0.3, -0.25) is 0 Å². The van der Waals surface area contributed by atoms with Crippen LogP contribution in [0.4, 0.5) is 0 Å². The molecule has 0 spiro atoms. The van der Waals surface area contributed by atoms with Crippen LogP contribution in [-0.2, 0) is 16.6 Å². The van der Waals surface area contributed by atoms with Gasteiger partial charge in [0.25, 0.3) is 5.89 Å². The zero-order valence-corrected chi connectivity index (χ0v) is 17.5. The van der Waals surface area contributed by atoms with Gasteiger partial charge >= 0.3 is 0 Å². The third kappa shape index (κ3) is 3.67. The summed E-state index contributed by atoms with van der Waals surface area (Å²) in [7, 11) is -2.28. The molecular formula is C20H24N4O4S. The molecule has 1 saturated carbocycles. The number of rotatable bonds is 7. The summed E-state index contributed by atoms with van der Waals surface area (Å²) in [5.74, 6) is 1.71. The maximum absolute atomic E-state index is 13.2. The van der Waals surface area contributed by atoms with Gasteiger partial charge in [0.2, 0.25) is 15.9 Å². The Labute approximate surface area is 169 Å². The fraction of sp³-hybridized carbons (Fsp3) is 0.400. The number of aromatic amines is 1. The summed E-state index contributed by atoms with van der Waals surface area (Å²) in [4.78, 5) is 3.23. The quantitative estimate of drug-likeness (QED) is 0.610. The third-order valence-electron chi connectivity index (χ3n) is 5.34. The fourth-order valence-corrected chi connectivity index (χ4v) is 5.05. The van der Waals surface area contributed by atoms with Gasteiger partial charge in [0.05, 0.1) is 12.7 Å². The van der Waals surface area contributed by atoms with Crippen LogP contribution >= 0.6 is 0 Å². The number of para-hydroxylation sites is 1. The minimum Gasteiger partial charge on any atom is -0.496 e. The Morgan fingerprint density at radius 2 is 1.97 bits per heavy atom. The van der Waals surface area contributed by atoms with Crippen molar-refractivity contribution < 1.29 is 17.6 Å². The van der Waals surface area contributed by atoms with Gasteiger partial charge in [0, 0.05) is 29.4 Å². The van der Waals surface area contributed by atoms with Gasteiger partial charge in [-0.25, -0.2) is 13.1 Å². The van der Waals surface area contributed by atoms with Crippen molar-refractivity contribution in [2.24, 2.45) is 0 Å². The van der Waals surface area contributed by atoms with Crippen molar-refractivity contribution in [3.05, 3.63) is 47.1 Å². The first-order chi connectivity index (χ1) is 13.9. The lowest BCUT2D eigenvalue weighted by atomic mass is 9.85. The predicted molar refractivity (Wildman–Crippen MR) is 107 cm³/mol. The second kappa shape index (κ2) is 7.64. The number of hydrogen-bond acceptors (Lipinski definition) is 6. The molecular weight excluding hydrogens is 392 g/mol. The van der Waals surface area contributed by atoms with E-state index in [0.717, 1.165) is 24.8 Å². The predicted octanol–water partition coefficient (Wildman–Crippen LogP) is 3.44. The minimum absolute atomic E-state index is 0.104. The zero-order valence-electron chi connectivity index (χ0n) is 16.7. The molecule has 0 radical (unpaired) electrons. The zero-order chi connectivity index (χ0) is 20.6. The van der Waals surface area contributed by atoms with Gasteiger partial charge in [0.15, 0.2) is 0 Å². The van der Waals surface area contributed by atoms with E-state index in [1.807, 2.05) is 18.2 Å². The molecule has 9 heteroatoms. The van der Waals surface area contributed by atoms with E-state index in [2.05, 4.69) is 19.9 Å². The van der Waals surface area contributed by atoms with E-state index in [9.17, 15) is 8.42 Å². The van der Waals surface area contributed by atoms with Crippen molar-refractivity contribution in [2.45, 2.75) is 50.5 Å². The molecule has 1 aromatic carbocycles. The Kier molecular flexibility index (Phi) is 5.18. The first-order valence-corrected chi connectivity index (χ1v) is 11.0. The maximum Gasteiger partial charge on any atom is 0.250 e. The van der Waals surface area contributed by atoms with Crippen LogP contribution in [0.15, 0.2) is 33.6 Å². The van der Waals surface area contributed by atoms with Gasteiger partial charge in [0.1, 0.15) is 10.6 Å². The lowest BCUT2D eigenvalue weighted by Crippen LogP contribution is -2.24. The van der Waals surface area contributed by atoms with Gasteiger partial charge in [-0.15, -0.1) is 10.2 Å². The number of nitrogens with zero attached hydrogens (tertiary/aromatic N) is 2. The summed E-state index contributed by atoms with van der Waals surface area (Å²) in [5, 5.41) is 8.28. The monoisotopic (exact) mass is 416 g/mol. The smallest absolute Gasteiger partial charge is 0.250 e. The number of benzene rings is 1. The fourth-order valence-electron chi connectivity index (χ4n) is 3.60. The molecule has 2 aromatic heterocycles. The van der Waals surface area contributed by atoms with Crippen LogP contribution in [0.1, 0.15) is 48.0 Å². The second-order valence-electron chi connectivity index (χ2n) is 7.29. The molecule has 154 valence electrons. The molecule has 0 aliphatic heterocycles. The Morgan fingerprint density at radius 1 is 1.21 bits per heavy atom. The number of ether oxygens (including phenoxy) is 1. The van der Waals surface area contributed by atoms with Crippen molar-refractivity contribution in [2.75, 3.05) is 7.11 Å². The maximum atomic E-state index is 13.2. The molecule has 3 aromatic rings. The molecule has 0 unspecified atom stereocenters. The third-order valence-corrected chi connectivity index (χ3v) is 6.91. The highest BCUT2D eigenvalue weighted by molar-refractivity contribution is 7.89. The molecule has 1 aliphatic carbocycles. The summed E-state index contributed by atoms with van der Waals surface area (Å²) in [6.45, 7) is 3.62. The SMILES string of the molecule is COc1ccccc1CNS(=O)(=O)c1c(C)[nH]c(C)c1-c1nnc(C2CCC2)o1. The summed E-state index contributed by atoms with van der Waals surface area (Å²) >= 11 is 0. The molecule has 29 heavy (non-hydrogen) atoms. The molecule has 0 amide bonds. The Bertz CT molecular complexity index is 1130. The molecule has 0 saturated heterocycles. The highest BCUT2D eigenvalue weighted by Gasteiger charge is 2.31. The van der Waals surface area contributed by atoms with E-state index >= 15 is 0 Å². The van der Waals surface area contributed by atoms with Gasteiger partial charge < -0.3 is 14.1 Å². The largest absolute Gasteiger partial charge is 0.496 e. The number of hydrogen-bond donors (Lipinski definition) is 2. The summed E-state index contributed by atoms with van der Waals surface area (Å²) < 4.78 is 40.2. The average molecular weight is 417 g/mol. The highest BCUT2D eigenvalue weighted by Crippen LogP contribution is 2.38. The van der Waals surface area contributed by atoms with E-state index in [0.29, 0.717) is 28.6 Å². The highest BCUT2D eigenvalue weighted by atomic mass is 32.2. The molecule has 0 atom stereocenters. The summed E-state index contributed by atoms with van der Waals surface area (Å²) in [6, 6.07) is 7.29. The number of nitrogens with one attached hydrogen (secondary N) is 2. The van der Waals surface area contributed by atoms with Crippen LogP contribution in [0.2, 0.25) is 0 Å². The van der Waals surface area contributed by atoms with E-state index in [4.69, 9.17) is 9.15 Å². The van der Waals surface area contributed by atoms with Crippen LogP contribution in [0.5, 0.6) is 5.75 Å². The number of aryl methyl sites for hydroxylation is 2. The first kappa shape index (κ1) is 19.7. The van der Waals surface area contributed by atoms with E-state index < -0.39 is 10.0 Å². The van der Waals surface area contributed by atoms with E-state index in [1.54, 1.807) is 27.0 Å². The van der Waals surface area contributed by atoms with Gasteiger partial charge in [-0.1, -0.05) is 24.6 Å². The number of methoxy groups -OCH3 is 1. The number of H-pyrrole nitrogens is 1. The topological polar surface area (TPSA) is 110 Å². The van der Waals surface area contributed by atoms with Crippen LogP contribution < -0.4 is 9.46 Å². The van der Waals surface area contributed by atoms with Crippen LogP contribution in [-0.4, -0.2) is 30.7 Å². The van der Waals surface area contributed by atoms with E-state index in [-0.39, 0.29) is 23.2 Å². The van der Waals surface area contributed by atoms with E-state index in [1.165, 1.54) is 0 Å². The lowest BCUT2D eigenvalue weighted by molar-refractivity contribution is 0.338. The standard InChI is InChI=1S/C20H24N4O4S/c1-12-17(20-24-23-19(28-20)14-8-6-9-14)18(13(2)22-12)29(25,26)21-11-15-7-4-5-10-16(15)27-3/h4-5,7,10,14,21-22H,6,8-9,11H2,1-3H3. The average Bonchev–Trinajstić information content (AvgIpc) is 3.22. The molecule has 4 rings (SSSR count). The van der Waals surface area contributed by atoms with Crippen molar-refractivity contribution in [1.29, 1.82) is 0 Å². The second-order valence-corrected chi connectivity index (χ2v) is 8.99. The Morgan fingerprint density at radius 3 is 2.66 bits per heavy atom. The Balaban J connectivity index is 1.66. The van der Waals surface area contributed by atoms with Crippen molar-refractivity contribution >= 4 is 10.0 Å². The molecule has 1 fully saturated rings. The lowest BCUT2D eigenvalue weighted by Gasteiger charge is -2.20. The summed E-state index contributed by atoms with van der Waals surface area (Å²) in [5.41, 5.74) is 2.36. The molecule has 8 nitrogen and oxygen atoms in total. The number of sulfonamides is 1. The molecule has 0 bridgehead atoms. The van der Waals surface area contributed by atoms with Crippen molar-refractivity contribution in [3.8, 4) is 17.2 Å². The molecule has 1 aliphatic rings. The molecule has 2 heterocycles. The number of aromatic nitrogens is 3. The van der Waals surface area contributed by atoms with Crippen LogP contribution in [0.3, 0.4) is 0 Å². The first-order valence-electron chi connectivity index (χ1n) is 9.55. The normalized spacial score (nSPS) is 14.7. The van der Waals surface area contributed by atoms with Crippen molar-refractivity contribution in [1.82, 2.24) is 19.9 Å². The van der Waals surface area contributed by atoms with Gasteiger partial charge in [-0.2, -0.15) is 0 Å². The van der Waals surface area contributed by atoms with Crippen molar-refractivity contribution in [3.63, 3.8) is 0 Å². The Hall–Kier alpha value is -2.65. The van der Waals surface area contributed by atoms with Crippen LogP contribution in [0.25, 0.3) is 11.5 Å². The van der Waals surface area contributed by atoms with Crippen LogP contribution in [0, 0.1) is 13.8 Å². The summed E-state index contributed by atoms with van der Waals surface area (Å²) in [6.07, 6.45) is 3.20.